The van der Waals surface area contributed by atoms with E-state index < -0.39 is 0 Å². The smallest absolute Gasteiger partial charge is 0.0387 e. The van der Waals surface area contributed by atoms with Crippen LogP contribution < -0.4 is 0 Å². The Labute approximate surface area is 64.6 Å². The number of nitrogens with zero attached hydrogens (tertiary/aromatic N) is 1. The van der Waals surface area contributed by atoms with Crippen LogP contribution in [0.15, 0.2) is 4.99 Å². The van der Waals surface area contributed by atoms with Crippen LogP contribution in [0.2, 0.25) is 0 Å². The van der Waals surface area contributed by atoms with Gasteiger partial charge in [-0.1, -0.05) is 33.6 Å². The highest BCUT2D eigenvalue weighted by Crippen LogP contribution is 2.29. The zero-order chi connectivity index (χ0) is 8.04. The van der Waals surface area contributed by atoms with Crippen LogP contribution >= 0.6 is 0 Å². The normalized spacial score (nSPS) is 11.5. The van der Waals surface area contributed by atoms with Crippen LogP contribution in [0.3, 0.4) is 0 Å². The van der Waals surface area contributed by atoms with E-state index in [0.29, 0.717) is 5.41 Å². The fourth-order valence-corrected chi connectivity index (χ4v) is 0.953. The molecule has 0 aromatic carbocycles. The third kappa shape index (κ3) is 3.00. The van der Waals surface area contributed by atoms with Gasteiger partial charge in [-0.15, -0.1) is 0 Å². The van der Waals surface area contributed by atoms with E-state index in [1.807, 2.05) is 0 Å². The Morgan fingerprint density at radius 2 is 1.80 bits per heavy atom. The molecule has 0 saturated carbocycles. The molecule has 0 spiro atoms. The minimum Gasteiger partial charge on any atom is -0.301 e. The molecular formula is C9H19N. The Bertz CT molecular complexity index is 92.9. The summed E-state index contributed by atoms with van der Waals surface area (Å²) in [6, 6.07) is 0. The second-order valence-corrected chi connectivity index (χ2v) is 3.21. The van der Waals surface area contributed by atoms with Crippen molar-refractivity contribution in [3.05, 3.63) is 0 Å². The molecule has 0 saturated heterocycles. The third-order valence-corrected chi connectivity index (χ3v) is 2.58. The molecule has 0 N–H and O–H groups in total. The number of rotatable bonds is 5. The van der Waals surface area contributed by atoms with Gasteiger partial charge >= 0.3 is 0 Å². The fourth-order valence-electron chi connectivity index (χ4n) is 0.953. The van der Waals surface area contributed by atoms with E-state index in [4.69, 9.17) is 0 Å². The lowest BCUT2D eigenvalue weighted by atomic mass is 9.82. The van der Waals surface area contributed by atoms with Gasteiger partial charge in [0.2, 0.25) is 0 Å². The average Bonchev–Trinajstić information content (AvgIpc) is 2.00. The molecule has 0 aliphatic rings. The lowest BCUT2D eigenvalue weighted by molar-refractivity contribution is 0.279. The molecule has 0 aliphatic carbocycles. The van der Waals surface area contributed by atoms with E-state index >= 15 is 0 Å². The summed E-state index contributed by atoms with van der Waals surface area (Å²) in [6.07, 6.45) is 3.68. The molecule has 1 heteroatoms. The molecule has 0 radical (unpaired) electrons. The van der Waals surface area contributed by atoms with Crippen molar-refractivity contribution in [1.29, 1.82) is 0 Å². The lowest BCUT2D eigenvalue weighted by Crippen LogP contribution is -2.14. The quantitative estimate of drug-likeness (QED) is 0.522. The predicted octanol–water partition coefficient (Wildman–Crippen LogP) is 2.90. The van der Waals surface area contributed by atoms with Crippen LogP contribution in [-0.2, 0) is 0 Å². The summed E-state index contributed by atoms with van der Waals surface area (Å²) in [5.74, 6) is 0. The van der Waals surface area contributed by atoms with Crippen molar-refractivity contribution in [2.45, 2.75) is 40.0 Å². The first-order valence-corrected chi connectivity index (χ1v) is 4.11. The highest BCUT2D eigenvalue weighted by molar-refractivity contribution is 5.23. The van der Waals surface area contributed by atoms with Gasteiger partial charge in [-0.3, -0.25) is 0 Å². The van der Waals surface area contributed by atoms with Gasteiger partial charge in [0.1, 0.15) is 0 Å². The molecule has 60 valence electrons. The van der Waals surface area contributed by atoms with Crippen molar-refractivity contribution in [3.63, 3.8) is 0 Å². The Morgan fingerprint density at radius 3 is 2.10 bits per heavy atom. The summed E-state index contributed by atoms with van der Waals surface area (Å²) in [7, 11) is 0. The first-order valence-electron chi connectivity index (χ1n) is 4.11. The van der Waals surface area contributed by atoms with E-state index in [-0.39, 0.29) is 0 Å². The summed E-state index contributed by atoms with van der Waals surface area (Å²) < 4.78 is 0. The first kappa shape index (κ1) is 9.67. The standard InChI is InChI=1S/C9H19N/c1-5-9(3,6-2)7-8-10-4/h4-8H2,1-3H3. The zero-order valence-corrected chi connectivity index (χ0v) is 7.48. The van der Waals surface area contributed by atoms with E-state index in [1.54, 1.807) is 0 Å². The second-order valence-electron chi connectivity index (χ2n) is 3.21. The Kier molecular flexibility index (Phi) is 4.33. The molecule has 0 aromatic rings. The van der Waals surface area contributed by atoms with Gasteiger partial charge in [-0.25, -0.2) is 0 Å². The third-order valence-electron chi connectivity index (χ3n) is 2.58. The molecule has 1 nitrogen and oxygen atoms in total. The molecule has 0 amide bonds. The lowest BCUT2D eigenvalue weighted by Gasteiger charge is -2.25. The monoisotopic (exact) mass is 141 g/mol. The van der Waals surface area contributed by atoms with Crippen LogP contribution in [0, 0.1) is 5.41 Å². The minimum atomic E-state index is 0.501. The van der Waals surface area contributed by atoms with Crippen molar-refractivity contribution in [3.8, 4) is 0 Å². The van der Waals surface area contributed by atoms with Crippen LogP contribution in [0.25, 0.3) is 0 Å². The number of aliphatic imine (C=N–C) groups is 1. The van der Waals surface area contributed by atoms with Crippen LogP contribution in [0.5, 0.6) is 0 Å². The molecule has 0 aliphatic heterocycles. The number of hydrogen-bond donors (Lipinski definition) is 0. The topological polar surface area (TPSA) is 12.4 Å². The summed E-state index contributed by atoms with van der Waals surface area (Å²) in [5.41, 5.74) is 0.501. The van der Waals surface area contributed by atoms with E-state index in [9.17, 15) is 0 Å². The Morgan fingerprint density at radius 1 is 1.30 bits per heavy atom. The molecule has 0 atom stereocenters. The molecule has 10 heavy (non-hydrogen) atoms. The largest absolute Gasteiger partial charge is 0.301 e. The van der Waals surface area contributed by atoms with Gasteiger partial charge < -0.3 is 4.99 Å². The van der Waals surface area contributed by atoms with E-state index in [1.165, 1.54) is 19.3 Å². The van der Waals surface area contributed by atoms with Crippen molar-refractivity contribution < 1.29 is 0 Å². The molecule has 0 bridgehead atoms. The Balaban J connectivity index is 3.68. The molecule has 0 unspecified atom stereocenters. The van der Waals surface area contributed by atoms with Gasteiger partial charge in [-0.2, -0.15) is 0 Å². The summed E-state index contributed by atoms with van der Waals surface area (Å²) in [5, 5.41) is 0. The van der Waals surface area contributed by atoms with Gasteiger partial charge in [-0.05, 0) is 18.6 Å². The first-order chi connectivity index (χ1) is 4.68. The van der Waals surface area contributed by atoms with Gasteiger partial charge in [0.25, 0.3) is 0 Å². The van der Waals surface area contributed by atoms with Gasteiger partial charge in [0.05, 0.1) is 0 Å². The highest BCUT2D eigenvalue weighted by atomic mass is 14.7. The highest BCUT2D eigenvalue weighted by Gasteiger charge is 2.17. The van der Waals surface area contributed by atoms with Gasteiger partial charge in [0.15, 0.2) is 0 Å². The van der Waals surface area contributed by atoms with Crippen molar-refractivity contribution in [2.75, 3.05) is 6.54 Å². The Hall–Kier alpha value is -0.330. The molecular weight excluding hydrogens is 122 g/mol. The van der Waals surface area contributed by atoms with Crippen LogP contribution in [0.4, 0.5) is 0 Å². The van der Waals surface area contributed by atoms with E-state index in [0.717, 1.165) is 6.54 Å². The van der Waals surface area contributed by atoms with Crippen molar-refractivity contribution in [2.24, 2.45) is 10.4 Å². The van der Waals surface area contributed by atoms with Crippen LogP contribution in [-0.4, -0.2) is 13.3 Å². The fraction of sp³-hybridized carbons (Fsp3) is 0.889. The maximum absolute atomic E-state index is 3.87. The maximum Gasteiger partial charge on any atom is 0.0387 e. The predicted molar refractivity (Wildman–Crippen MR) is 47.7 cm³/mol. The number of hydrogen-bond acceptors (Lipinski definition) is 1. The minimum absolute atomic E-state index is 0.501. The summed E-state index contributed by atoms with van der Waals surface area (Å²) in [6.45, 7) is 11.2. The molecule has 0 fully saturated rings. The van der Waals surface area contributed by atoms with Crippen molar-refractivity contribution in [1.82, 2.24) is 0 Å². The maximum atomic E-state index is 3.87. The average molecular weight is 141 g/mol. The van der Waals surface area contributed by atoms with Crippen molar-refractivity contribution >= 4 is 6.72 Å². The molecule has 0 heterocycles. The molecule has 0 aromatic heterocycles. The zero-order valence-electron chi connectivity index (χ0n) is 7.48. The second kappa shape index (κ2) is 4.48. The summed E-state index contributed by atoms with van der Waals surface area (Å²) >= 11 is 0. The summed E-state index contributed by atoms with van der Waals surface area (Å²) in [4.78, 5) is 3.87. The van der Waals surface area contributed by atoms with Crippen LogP contribution in [0.1, 0.15) is 40.0 Å². The van der Waals surface area contributed by atoms with Gasteiger partial charge in [0, 0.05) is 6.54 Å². The van der Waals surface area contributed by atoms with E-state index in [2.05, 4.69) is 32.5 Å². The molecule has 0 rings (SSSR count). The SMILES string of the molecule is C=NCCC(C)(CC)CC.